The van der Waals surface area contributed by atoms with Gasteiger partial charge in [0.1, 0.15) is 28.4 Å². The quantitative estimate of drug-likeness (QED) is 0.590. The molecule has 0 radical (unpaired) electrons. The minimum atomic E-state index is -4.46. The average molecular weight is 533 g/mol. The lowest BCUT2D eigenvalue weighted by Gasteiger charge is -2.42. The number of nitrogens with one attached hydrogen (secondary N) is 1. The summed E-state index contributed by atoms with van der Waals surface area (Å²) in [5.74, 6) is -1.91. The summed E-state index contributed by atoms with van der Waals surface area (Å²) in [6, 6.07) is 2.76. The normalized spacial score (nSPS) is 20.1. The molecule has 7 nitrogen and oxygen atoms in total. The fourth-order valence-electron chi connectivity index (χ4n) is 4.65. The van der Waals surface area contributed by atoms with E-state index in [0.717, 1.165) is 24.6 Å². The molecule has 2 aromatic rings. The zero-order valence-corrected chi connectivity index (χ0v) is 20.2. The molecule has 13 heteroatoms. The van der Waals surface area contributed by atoms with E-state index < -0.39 is 44.1 Å². The Morgan fingerprint density at radius 3 is 2.31 bits per heavy atom. The number of benzene rings is 1. The third kappa shape index (κ3) is 5.55. The largest absolute Gasteiger partial charge is 0.417 e. The van der Waals surface area contributed by atoms with Crippen LogP contribution in [0.4, 0.5) is 33.5 Å². The number of anilines is 2. The SMILES string of the molecule is CS(=O)(=O)c1cc(F)c(N[C@H]2CCCN(C3CCN(c4ccc(C(F)(F)F)cn4)CC3)C2=O)cc1F. The molecule has 3 heterocycles. The second-order valence-corrected chi connectivity index (χ2v) is 11.0. The molecule has 2 aliphatic rings. The molecule has 196 valence electrons. The van der Waals surface area contributed by atoms with E-state index in [1.54, 1.807) is 4.90 Å². The van der Waals surface area contributed by atoms with Crippen molar-refractivity contribution in [1.29, 1.82) is 0 Å². The zero-order chi connectivity index (χ0) is 26.3. The first-order valence-electron chi connectivity index (χ1n) is 11.4. The van der Waals surface area contributed by atoms with E-state index in [0.29, 0.717) is 57.2 Å². The number of sulfone groups is 1. The van der Waals surface area contributed by atoms with Crippen LogP contribution in [0, 0.1) is 11.6 Å². The highest BCUT2D eigenvalue weighted by molar-refractivity contribution is 7.90. The number of alkyl halides is 3. The van der Waals surface area contributed by atoms with Gasteiger partial charge in [-0.05, 0) is 43.9 Å². The summed E-state index contributed by atoms with van der Waals surface area (Å²) in [6.07, 6.45) is -0.688. The standard InChI is InChI=1S/C23H25F5N4O3S/c1-36(34,35)20-12-16(24)19(11-17(20)25)30-18-3-2-8-32(22(18)33)15-6-9-31(10-7-15)21-5-4-14(13-29-21)23(26,27)28/h4-5,11-13,15,18,30H,2-3,6-10H2,1H3/t18-/m0/s1. The Balaban J connectivity index is 1.39. The van der Waals surface area contributed by atoms with Gasteiger partial charge >= 0.3 is 6.18 Å². The van der Waals surface area contributed by atoms with Crippen molar-refractivity contribution in [3.63, 3.8) is 0 Å². The van der Waals surface area contributed by atoms with E-state index >= 15 is 0 Å². The first-order valence-corrected chi connectivity index (χ1v) is 13.3. The van der Waals surface area contributed by atoms with Gasteiger partial charge in [-0.1, -0.05) is 0 Å². The fourth-order valence-corrected chi connectivity index (χ4v) is 5.39. The lowest BCUT2D eigenvalue weighted by atomic mass is 9.97. The van der Waals surface area contributed by atoms with Gasteiger partial charge in [-0.2, -0.15) is 13.2 Å². The molecule has 36 heavy (non-hydrogen) atoms. The van der Waals surface area contributed by atoms with Crippen molar-refractivity contribution < 1.29 is 35.2 Å². The van der Waals surface area contributed by atoms with Crippen molar-refractivity contribution in [2.24, 2.45) is 0 Å². The van der Waals surface area contributed by atoms with E-state index in [-0.39, 0.29) is 17.6 Å². The van der Waals surface area contributed by atoms with Gasteiger partial charge in [-0.3, -0.25) is 4.79 Å². The number of carbonyl (C=O) groups is 1. The highest BCUT2D eigenvalue weighted by Crippen LogP contribution is 2.31. The van der Waals surface area contributed by atoms with Crippen LogP contribution in [0.3, 0.4) is 0 Å². The van der Waals surface area contributed by atoms with Crippen molar-refractivity contribution >= 4 is 27.2 Å². The molecule has 0 unspecified atom stereocenters. The second-order valence-electron chi connectivity index (χ2n) is 9.03. The van der Waals surface area contributed by atoms with Gasteiger partial charge in [0.15, 0.2) is 9.84 Å². The molecule has 1 aromatic carbocycles. The molecule has 2 saturated heterocycles. The summed E-state index contributed by atoms with van der Waals surface area (Å²) in [5.41, 5.74) is -1.11. The number of rotatable bonds is 5. The maximum absolute atomic E-state index is 14.5. The Morgan fingerprint density at radius 2 is 1.72 bits per heavy atom. The van der Waals surface area contributed by atoms with E-state index in [2.05, 4.69) is 10.3 Å². The molecule has 2 aliphatic heterocycles. The van der Waals surface area contributed by atoms with Crippen LogP contribution in [-0.4, -0.2) is 62.2 Å². The number of aromatic nitrogens is 1. The molecule has 0 aliphatic carbocycles. The maximum atomic E-state index is 14.5. The third-order valence-corrected chi connectivity index (χ3v) is 7.64. The average Bonchev–Trinajstić information content (AvgIpc) is 2.81. The lowest BCUT2D eigenvalue weighted by Crippen LogP contribution is -2.54. The van der Waals surface area contributed by atoms with Crippen LogP contribution in [0.1, 0.15) is 31.2 Å². The number of likely N-dealkylation sites (tertiary alicyclic amines) is 1. The van der Waals surface area contributed by atoms with Gasteiger partial charge in [-0.25, -0.2) is 22.2 Å². The maximum Gasteiger partial charge on any atom is 0.417 e. The summed E-state index contributed by atoms with van der Waals surface area (Å²) >= 11 is 0. The molecule has 0 saturated carbocycles. The summed E-state index contributed by atoms with van der Waals surface area (Å²) in [4.78, 5) is 19.9. The van der Waals surface area contributed by atoms with Crippen LogP contribution in [0.5, 0.6) is 0 Å². The van der Waals surface area contributed by atoms with Crippen molar-refractivity contribution in [3.05, 3.63) is 47.7 Å². The molecule has 4 rings (SSSR count). The van der Waals surface area contributed by atoms with Crippen LogP contribution in [0.25, 0.3) is 0 Å². The third-order valence-electron chi connectivity index (χ3n) is 6.53. The van der Waals surface area contributed by atoms with Crippen molar-refractivity contribution in [1.82, 2.24) is 9.88 Å². The molecule has 0 spiro atoms. The number of piperidine rings is 2. The molecular formula is C23H25F5N4O3S. The molecule has 2 fully saturated rings. The van der Waals surface area contributed by atoms with Crippen molar-refractivity contribution in [3.8, 4) is 0 Å². The number of hydrogen-bond acceptors (Lipinski definition) is 6. The highest BCUT2D eigenvalue weighted by atomic mass is 32.2. The fraction of sp³-hybridized carbons (Fsp3) is 0.478. The molecule has 1 atom stereocenters. The molecule has 1 amide bonds. The van der Waals surface area contributed by atoms with Crippen LogP contribution in [-0.2, 0) is 20.8 Å². The number of nitrogens with zero attached hydrogens (tertiary/aromatic N) is 3. The van der Waals surface area contributed by atoms with Gasteiger partial charge in [-0.15, -0.1) is 0 Å². The lowest BCUT2D eigenvalue weighted by molar-refractivity contribution is -0.138. The van der Waals surface area contributed by atoms with E-state index in [9.17, 15) is 35.2 Å². The number of hydrogen-bond donors (Lipinski definition) is 1. The van der Waals surface area contributed by atoms with Gasteiger partial charge in [0.2, 0.25) is 5.91 Å². The Kier molecular flexibility index (Phi) is 7.13. The smallest absolute Gasteiger partial charge is 0.371 e. The van der Waals surface area contributed by atoms with E-state index in [4.69, 9.17) is 0 Å². The van der Waals surface area contributed by atoms with Crippen LogP contribution in [0.2, 0.25) is 0 Å². The summed E-state index contributed by atoms with van der Waals surface area (Å²) < 4.78 is 90.3. The molecule has 0 bridgehead atoms. The minimum Gasteiger partial charge on any atom is -0.371 e. The number of carbonyl (C=O) groups excluding carboxylic acids is 1. The van der Waals surface area contributed by atoms with Crippen molar-refractivity contribution in [2.45, 2.75) is 48.8 Å². The number of halogens is 5. The van der Waals surface area contributed by atoms with Crippen LogP contribution < -0.4 is 10.2 Å². The second kappa shape index (κ2) is 9.83. The molecular weight excluding hydrogens is 507 g/mol. The summed E-state index contributed by atoms with van der Waals surface area (Å²) in [6.45, 7) is 1.50. The Morgan fingerprint density at radius 1 is 1.03 bits per heavy atom. The zero-order valence-electron chi connectivity index (χ0n) is 19.4. The summed E-state index contributed by atoms with van der Waals surface area (Å²) in [5, 5.41) is 2.73. The Labute approximate surface area is 205 Å². The van der Waals surface area contributed by atoms with Crippen molar-refractivity contribution in [2.75, 3.05) is 36.1 Å². The minimum absolute atomic E-state index is 0.109. The Hall–Kier alpha value is -2.96. The predicted molar refractivity (Wildman–Crippen MR) is 122 cm³/mol. The van der Waals surface area contributed by atoms with Crippen LogP contribution in [0.15, 0.2) is 35.4 Å². The highest BCUT2D eigenvalue weighted by Gasteiger charge is 2.36. The number of amides is 1. The van der Waals surface area contributed by atoms with Gasteiger partial charge in [0.25, 0.3) is 0 Å². The first kappa shape index (κ1) is 26.1. The molecule has 1 aromatic heterocycles. The van der Waals surface area contributed by atoms with Gasteiger partial charge < -0.3 is 15.1 Å². The monoisotopic (exact) mass is 532 g/mol. The molecule has 1 N–H and O–H groups in total. The van der Waals surface area contributed by atoms with Crippen LogP contribution >= 0.6 is 0 Å². The van der Waals surface area contributed by atoms with Gasteiger partial charge in [0.05, 0.1) is 11.3 Å². The Bertz CT molecular complexity index is 1230. The van der Waals surface area contributed by atoms with Gasteiger partial charge in [0, 0.05) is 44.2 Å². The topological polar surface area (TPSA) is 82.6 Å². The van der Waals surface area contributed by atoms with E-state index in [1.165, 1.54) is 6.07 Å². The van der Waals surface area contributed by atoms with E-state index in [1.807, 2.05) is 4.90 Å². The first-order chi connectivity index (χ1) is 16.8. The number of pyridine rings is 1. The summed E-state index contributed by atoms with van der Waals surface area (Å²) in [7, 11) is -3.95. The predicted octanol–water partition coefficient (Wildman–Crippen LogP) is 3.85.